The molecule has 0 saturated carbocycles. The minimum atomic E-state index is -0.298. The summed E-state index contributed by atoms with van der Waals surface area (Å²) in [5.74, 6) is -0.439. The van der Waals surface area contributed by atoms with Gasteiger partial charge in [0.2, 0.25) is 5.91 Å². The van der Waals surface area contributed by atoms with Crippen LogP contribution in [0.1, 0.15) is 31.4 Å². The summed E-state index contributed by atoms with van der Waals surface area (Å²) in [6, 6.07) is 13.9. The second kappa shape index (κ2) is 9.71. The molecular formula is C23H29FN4O2. The highest BCUT2D eigenvalue weighted by atomic mass is 19.1. The Hall–Kier alpha value is -2.93. The number of fused-ring (bicyclic) bond motifs is 1. The van der Waals surface area contributed by atoms with Crippen molar-refractivity contribution in [3.05, 3.63) is 70.4 Å². The van der Waals surface area contributed by atoms with Gasteiger partial charge >= 0.3 is 5.69 Å². The summed E-state index contributed by atoms with van der Waals surface area (Å²) in [4.78, 5) is 27.3. The number of likely N-dealkylation sites (N-methyl/N-ethyl adjacent to an activating group) is 1. The van der Waals surface area contributed by atoms with Gasteiger partial charge in [-0.2, -0.15) is 0 Å². The zero-order valence-electron chi connectivity index (χ0n) is 17.8. The summed E-state index contributed by atoms with van der Waals surface area (Å²) >= 11 is 0. The van der Waals surface area contributed by atoms with Gasteiger partial charge in [-0.25, -0.2) is 9.18 Å². The van der Waals surface area contributed by atoms with Gasteiger partial charge in [-0.05, 0) is 50.3 Å². The van der Waals surface area contributed by atoms with E-state index >= 15 is 0 Å². The fourth-order valence-corrected chi connectivity index (χ4v) is 3.75. The van der Waals surface area contributed by atoms with E-state index in [2.05, 4.69) is 5.32 Å². The van der Waals surface area contributed by atoms with Crippen LogP contribution < -0.4 is 11.0 Å². The standard InChI is InChI=1S/C23H29FN4O2/c1-4-13-27-19-10-5-6-11-20(19)28(23(27)30)14-12-22(29)25-16-21(26(2)3)17-8-7-9-18(24)15-17/h5-11,15,21H,4,12-14,16H2,1-3H3,(H,25,29)/t21-/m0/s1. The number of hydrogen-bond acceptors (Lipinski definition) is 3. The molecule has 0 aliphatic carbocycles. The average Bonchev–Trinajstić information content (AvgIpc) is 2.98. The predicted octanol–water partition coefficient (Wildman–Crippen LogP) is 3.16. The highest BCUT2D eigenvalue weighted by Crippen LogP contribution is 2.18. The predicted molar refractivity (Wildman–Crippen MR) is 117 cm³/mol. The molecule has 0 aliphatic rings. The molecule has 0 aliphatic heterocycles. The molecule has 3 rings (SSSR count). The maximum Gasteiger partial charge on any atom is 0.329 e. The van der Waals surface area contributed by atoms with Crippen LogP contribution in [0.15, 0.2) is 53.3 Å². The number of nitrogens with zero attached hydrogens (tertiary/aromatic N) is 3. The number of aromatic nitrogens is 2. The highest BCUT2D eigenvalue weighted by molar-refractivity contribution is 5.78. The lowest BCUT2D eigenvalue weighted by atomic mass is 10.1. The van der Waals surface area contributed by atoms with Crippen molar-refractivity contribution in [1.29, 1.82) is 0 Å². The molecule has 3 aromatic rings. The molecule has 0 spiro atoms. The molecule has 0 fully saturated rings. The largest absolute Gasteiger partial charge is 0.354 e. The molecule has 0 saturated heterocycles. The van der Waals surface area contributed by atoms with Crippen LogP contribution in [0.5, 0.6) is 0 Å². The van der Waals surface area contributed by atoms with Crippen molar-refractivity contribution in [2.75, 3.05) is 20.6 Å². The van der Waals surface area contributed by atoms with Gasteiger partial charge in [-0.15, -0.1) is 0 Å². The molecule has 7 heteroatoms. The second-order valence-electron chi connectivity index (χ2n) is 7.66. The topological polar surface area (TPSA) is 59.3 Å². The Balaban J connectivity index is 1.67. The Morgan fingerprint density at radius 1 is 1.07 bits per heavy atom. The van der Waals surface area contributed by atoms with Crippen molar-refractivity contribution in [1.82, 2.24) is 19.4 Å². The van der Waals surface area contributed by atoms with E-state index in [4.69, 9.17) is 0 Å². The number of hydrogen-bond donors (Lipinski definition) is 1. The summed E-state index contributed by atoms with van der Waals surface area (Å²) in [6.45, 7) is 3.36. The molecule has 1 N–H and O–H groups in total. The molecule has 1 amide bonds. The maximum atomic E-state index is 13.6. The van der Waals surface area contributed by atoms with Gasteiger partial charge in [0.05, 0.1) is 17.1 Å². The third kappa shape index (κ3) is 4.79. The first kappa shape index (κ1) is 21.8. The van der Waals surface area contributed by atoms with Gasteiger partial charge in [0.15, 0.2) is 0 Å². The number of carbonyl (C=O) groups excluding carboxylic acids is 1. The molecular weight excluding hydrogens is 383 g/mol. The first-order valence-corrected chi connectivity index (χ1v) is 10.3. The summed E-state index contributed by atoms with van der Waals surface area (Å²) in [7, 11) is 3.79. The quantitative estimate of drug-likeness (QED) is 0.587. The number of carbonyl (C=O) groups is 1. The fourth-order valence-electron chi connectivity index (χ4n) is 3.75. The van der Waals surface area contributed by atoms with Crippen LogP contribution in [-0.2, 0) is 17.9 Å². The lowest BCUT2D eigenvalue weighted by molar-refractivity contribution is -0.121. The first-order valence-electron chi connectivity index (χ1n) is 10.3. The number of rotatable bonds is 9. The van der Waals surface area contributed by atoms with E-state index in [9.17, 15) is 14.0 Å². The van der Waals surface area contributed by atoms with Crippen LogP contribution in [0.25, 0.3) is 11.0 Å². The highest BCUT2D eigenvalue weighted by Gasteiger charge is 2.17. The minimum absolute atomic E-state index is 0.0863. The normalized spacial score (nSPS) is 12.4. The molecule has 0 radical (unpaired) electrons. The van der Waals surface area contributed by atoms with Crippen molar-refractivity contribution in [2.45, 2.75) is 38.9 Å². The third-order valence-electron chi connectivity index (χ3n) is 5.28. The molecule has 6 nitrogen and oxygen atoms in total. The van der Waals surface area contributed by atoms with E-state index in [0.717, 1.165) is 23.0 Å². The van der Waals surface area contributed by atoms with E-state index in [-0.39, 0.29) is 29.9 Å². The van der Waals surface area contributed by atoms with E-state index in [1.165, 1.54) is 12.1 Å². The van der Waals surface area contributed by atoms with Crippen molar-refractivity contribution >= 4 is 16.9 Å². The maximum absolute atomic E-state index is 13.6. The molecule has 1 aromatic heterocycles. The zero-order chi connectivity index (χ0) is 21.7. The monoisotopic (exact) mass is 412 g/mol. The molecule has 0 bridgehead atoms. The fraction of sp³-hybridized carbons (Fsp3) is 0.391. The van der Waals surface area contributed by atoms with Crippen LogP contribution in [-0.4, -0.2) is 40.6 Å². The number of imidazole rings is 1. The summed E-state index contributed by atoms with van der Waals surface area (Å²) < 4.78 is 17.0. The Morgan fingerprint density at radius 2 is 1.73 bits per heavy atom. The van der Waals surface area contributed by atoms with Crippen LogP contribution in [0.2, 0.25) is 0 Å². The number of aryl methyl sites for hydroxylation is 2. The van der Waals surface area contributed by atoms with E-state index in [1.54, 1.807) is 15.2 Å². The second-order valence-corrected chi connectivity index (χ2v) is 7.66. The summed E-state index contributed by atoms with van der Waals surface area (Å²) in [5.41, 5.74) is 2.45. The van der Waals surface area contributed by atoms with E-state index < -0.39 is 0 Å². The Morgan fingerprint density at radius 3 is 2.33 bits per heavy atom. The Bertz CT molecular complexity index is 1070. The lowest BCUT2D eigenvalue weighted by Gasteiger charge is -2.25. The molecule has 0 unspecified atom stereocenters. The number of benzene rings is 2. The smallest absolute Gasteiger partial charge is 0.329 e. The molecule has 2 aromatic carbocycles. The van der Waals surface area contributed by atoms with Crippen molar-refractivity contribution in [3.8, 4) is 0 Å². The number of para-hydroxylation sites is 2. The third-order valence-corrected chi connectivity index (χ3v) is 5.28. The number of nitrogens with one attached hydrogen (secondary N) is 1. The summed E-state index contributed by atoms with van der Waals surface area (Å²) in [6.07, 6.45) is 1.06. The minimum Gasteiger partial charge on any atom is -0.354 e. The zero-order valence-corrected chi connectivity index (χ0v) is 17.8. The molecule has 1 atom stereocenters. The van der Waals surface area contributed by atoms with Gasteiger partial charge in [0, 0.05) is 26.1 Å². The van der Waals surface area contributed by atoms with Crippen molar-refractivity contribution in [2.24, 2.45) is 0 Å². The van der Waals surface area contributed by atoms with Gasteiger partial charge < -0.3 is 10.2 Å². The average molecular weight is 413 g/mol. The molecule has 160 valence electrons. The van der Waals surface area contributed by atoms with Crippen LogP contribution in [0.3, 0.4) is 0 Å². The number of amides is 1. The SMILES string of the molecule is CCCn1c(=O)n(CCC(=O)NC[C@@H](c2cccc(F)c2)N(C)C)c2ccccc21. The molecule has 1 heterocycles. The van der Waals surface area contributed by atoms with E-state index in [1.807, 2.05) is 56.3 Å². The summed E-state index contributed by atoms with van der Waals surface area (Å²) in [5, 5.41) is 2.93. The van der Waals surface area contributed by atoms with Gasteiger partial charge in [0.1, 0.15) is 5.82 Å². The lowest BCUT2D eigenvalue weighted by Crippen LogP contribution is -2.35. The van der Waals surface area contributed by atoms with Crippen LogP contribution >= 0.6 is 0 Å². The number of halogens is 1. The van der Waals surface area contributed by atoms with Gasteiger partial charge in [-0.1, -0.05) is 31.2 Å². The Labute approximate surface area is 175 Å². The van der Waals surface area contributed by atoms with Gasteiger partial charge in [-0.3, -0.25) is 13.9 Å². The van der Waals surface area contributed by atoms with Crippen LogP contribution in [0, 0.1) is 5.82 Å². The molecule has 30 heavy (non-hydrogen) atoms. The van der Waals surface area contributed by atoms with Gasteiger partial charge in [0.25, 0.3) is 0 Å². The Kier molecular flexibility index (Phi) is 7.05. The van der Waals surface area contributed by atoms with E-state index in [0.29, 0.717) is 19.6 Å². The van der Waals surface area contributed by atoms with Crippen molar-refractivity contribution < 1.29 is 9.18 Å². The van der Waals surface area contributed by atoms with Crippen molar-refractivity contribution in [3.63, 3.8) is 0 Å². The first-order chi connectivity index (χ1) is 14.4. The van der Waals surface area contributed by atoms with Crippen LogP contribution in [0.4, 0.5) is 4.39 Å².